The molecule has 0 aliphatic carbocycles. The Bertz CT molecular complexity index is 1340. The summed E-state index contributed by atoms with van der Waals surface area (Å²) in [5.41, 5.74) is 0. The molecule has 0 bridgehead atoms. The molecule has 14 heteroatoms. The van der Waals surface area contributed by atoms with Gasteiger partial charge in [-0.1, -0.05) is 184 Å². The van der Waals surface area contributed by atoms with Gasteiger partial charge in [0.1, 0.15) is 0 Å². The molecule has 14 nitrogen and oxygen atoms in total. The lowest BCUT2D eigenvalue weighted by atomic mass is 10.1. The fraction of sp³-hybridized carbons (Fsp3) is 1.00. The maximum Gasteiger partial charge on any atom is 0.0110 e. The van der Waals surface area contributed by atoms with Crippen LogP contribution in [0.4, 0.5) is 0 Å². The molecular formula is C93H216N14. The van der Waals surface area contributed by atoms with Gasteiger partial charge in [-0.3, -0.25) is 4.90 Å². The number of hydrogen-bond acceptors (Lipinski definition) is 14. The summed E-state index contributed by atoms with van der Waals surface area (Å²) >= 11 is 0. The van der Waals surface area contributed by atoms with E-state index < -0.39 is 0 Å². The van der Waals surface area contributed by atoms with Crippen molar-refractivity contribution in [3.8, 4) is 0 Å². The second-order valence-corrected chi connectivity index (χ2v) is 31.9. The van der Waals surface area contributed by atoms with Crippen molar-refractivity contribution in [2.24, 2.45) is 0 Å². The number of likely N-dealkylation sites (N-methyl/N-ethyl adjacent to an activating group) is 2. The van der Waals surface area contributed by atoms with E-state index in [1.165, 1.54) is 376 Å². The van der Waals surface area contributed by atoms with E-state index in [2.05, 4.69) is 256 Å². The van der Waals surface area contributed by atoms with Crippen LogP contribution in [0, 0.1) is 0 Å². The molecule has 0 aromatic rings. The zero-order chi connectivity index (χ0) is 79.2. The maximum absolute atomic E-state index is 2.52. The highest BCUT2D eigenvalue weighted by Gasteiger charge is 2.15. The van der Waals surface area contributed by atoms with Gasteiger partial charge >= 0.3 is 0 Å². The van der Waals surface area contributed by atoms with E-state index in [9.17, 15) is 0 Å². The summed E-state index contributed by atoms with van der Waals surface area (Å²) in [4.78, 5) is 34.3. The molecule has 0 radical (unpaired) electrons. The quantitative estimate of drug-likeness (QED) is 0.0872. The van der Waals surface area contributed by atoms with Crippen LogP contribution in [-0.4, -0.2) is 344 Å². The average Bonchev–Trinajstić information content (AvgIpc) is 1.52. The highest BCUT2D eigenvalue weighted by Crippen LogP contribution is 2.12. The number of nitrogens with zero attached hydrogens (tertiary/aromatic N) is 14. The van der Waals surface area contributed by atoms with Crippen LogP contribution in [0.1, 0.15) is 342 Å². The molecule has 658 valence electrons. The van der Waals surface area contributed by atoms with Crippen LogP contribution in [0.3, 0.4) is 0 Å². The van der Waals surface area contributed by atoms with Crippen LogP contribution in [0.15, 0.2) is 0 Å². The summed E-state index contributed by atoms with van der Waals surface area (Å²) in [5.74, 6) is 0. The molecule has 0 amide bonds. The minimum absolute atomic E-state index is 0. The van der Waals surface area contributed by atoms with Crippen molar-refractivity contribution >= 4 is 0 Å². The van der Waals surface area contributed by atoms with Crippen molar-refractivity contribution in [1.29, 1.82) is 0 Å². The summed E-state index contributed by atoms with van der Waals surface area (Å²) in [6.07, 6.45) is 36.5. The van der Waals surface area contributed by atoms with Crippen LogP contribution in [0.25, 0.3) is 0 Å². The molecule has 8 aliphatic heterocycles. The zero-order valence-corrected chi connectivity index (χ0v) is 77.4. The number of likely N-dealkylation sites (tertiary alicyclic amines) is 7. The fourth-order valence-corrected chi connectivity index (χ4v) is 13.8. The average molecular weight is 1530 g/mol. The Hall–Kier alpha value is -0.560. The molecule has 8 fully saturated rings. The van der Waals surface area contributed by atoms with Gasteiger partial charge in [-0.2, -0.15) is 0 Å². The SMILES string of the molecule is C.C.C.CCCCN(C)CCCC.CCCN(C)C.CCCN(C)CC.CCN(C(C)C)C(C)C.CCN(C)C(C)C.CCN1CCCC1.CCN1CCCCC1.CCN1CCCCC1.CCN1CCCCC1.CCN1CCCCC1.CCN1CCCCC1.CCN1CCCCC1.CCN1CCN(CC)CC1. The third-order valence-electron chi connectivity index (χ3n) is 22.1. The lowest BCUT2D eigenvalue weighted by Crippen LogP contribution is -2.45. The van der Waals surface area contributed by atoms with E-state index in [-0.39, 0.29) is 22.3 Å². The van der Waals surface area contributed by atoms with Crippen LogP contribution in [-0.2, 0) is 0 Å². The van der Waals surface area contributed by atoms with Crippen LogP contribution < -0.4 is 0 Å². The Morgan fingerprint density at radius 3 is 0.514 bits per heavy atom. The highest BCUT2D eigenvalue weighted by atomic mass is 15.3. The van der Waals surface area contributed by atoms with E-state index in [0.29, 0.717) is 18.1 Å². The molecular weight excluding hydrogens is 1310 g/mol. The molecule has 0 aromatic heterocycles. The van der Waals surface area contributed by atoms with Gasteiger partial charge in [0.2, 0.25) is 0 Å². The third-order valence-corrected chi connectivity index (χ3v) is 22.1. The predicted molar refractivity (Wildman–Crippen MR) is 497 cm³/mol. The topological polar surface area (TPSA) is 45.4 Å². The number of piperazine rings is 1. The second-order valence-electron chi connectivity index (χ2n) is 31.9. The Balaban J connectivity index is -0.000000165. The minimum Gasteiger partial charge on any atom is -0.309 e. The van der Waals surface area contributed by atoms with Crippen LogP contribution in [0.5, 0.6) is 0 Å². The molecule has 0 aromatic carbocycles. The normalized spacial score (nSPS) is 18.3. The van der Waals surface area contributed by atoms with Crippen LogP contribution in [0.2, 0.25) is 0 Å². The molecule has 0 spiro atoms. The van der Waals surface area contributed by atoms with Gasteiger partial charge in [0.15, 0.2) is 0 Å². The second kappa shape index (κ2) is 94.3. The molecule has 8 rings (SSSR count). The van der Waals surface area contributed by atoms with Gasteiger partial charge < -0.3 is 63.7 Å². The summed E-state index contributed by atoms with van der Waals surface area (Å²) in [5, 5.41) is 0. The van der Waals surface area contributed by atoms with Gasteiger partial charge in [0.05, 0.1) is 0 Å². The van der Waals surface area contributed by atoms with Crippen molar-refractivity contribution in [3.05, 3.63) is 0 Å². The first-order valence-electron chi connectivity index (χ1n) is 46.0. The lowest BCUT2D eigenvalue weighted by Gasteiger charge is -2.33. The smallest absolute Gasteiger partial charge is 0.0110 e. The number of unbranched alkanes of at least 4 members (excludes halogenated alkanes) is 2. The van der Waals surface area contributed by atoms with Crippen molar-refractivity contribution in [2.45, 2.75) is 360 Å². The summed E-state index contributed by atoms with van der Waals surface area (Å²) in [6, 6.07) is 2.08. The monoisotopic (exact) mass is 1530 g/mol. The predicted octanol–water partition coefficient (Wildman–Crippen LogP) is 20.9. The molecule has 0 N–H and O–H groups in total. The number of piperidine rings is 6. The first kappa shape index (κ1) is 122. The molecule has 8 aliphatic rings. The fourth-order valence-electron chi connectivity index (χ4n) is 13.8. The Kier molecular flexibility index (Phi) is 108. The van der Waals surface area contributed by atoms with E-state index in [1.807, 2.05) is 0 Å². The first-order chi connectivity index (χ1) is 50.0. The molecule has 8 saturated heterocycles. The van der Waals surface area contributed by atoms with Crippen molar-refractivity contribution in [2.75, 3.05) is 258 Å². The zero-order valence-electron chi connectivity index (χ0n) is 77.4. The van der Waals surface area contributed by atoms with Crippen molar-refractivity contribution in [3.63, 3.8) is 0 Å². The first-order valence-corrected chi connectivity index (χ1v) is 46.0. The third kappa shape index (κ3) is 86.1. The van der Waals surface area contributed by atoms with Crippen molar-refractivity contribution < 1.29 is 0 Å². The van der Waals surface area contributed by atoms with Gasteiger partial charge in [0, 0.05) is 44.3 Å². The van der Waals surface area contributed by atoms with Gasteiger partial charge in [-0.15, -0.1) is 0 Å². The largest absolute Gasteiger partial charge is 0.309 e. The van der Waals surface area contributed by atoms with E-state index in [0.717, 1.165) is 13.1 Å². The van der Waals surface area contributed by atoms with E-state index in [4.69, 9.17) is 0 Å². The molecule has 107 heavy (non-hydrogen) atoms. The van der Waals surface area contributed by atoms with Gasteiger partial charge in [0.25, 0.3) is 0 Å². The molecule has 0 unspecified atom stereocenters. The summed E-state index contributed by atoms with van der Waals surface area (Å²) in [7, 11) is 10.7. The van der Waals surface area contributed by atoms with E-state index in [1.54, 1.807) is 0 Å². The molecule has 0 atom stereocenters. The molecule has 8 heterocycles. The Labute approximate surface area is 682 Å². The van der Waals surface area contributed by atoms with Gasteiger partial charge in [-0.25, -0.2) is 0 Å². The molecule has 0 saturated carbocycles. The van der Waals surface area contributed by atoms with Crippen LogP contribution >= 0.6 is 0 Å². The summed E-state index contributed by atoms with van der Waals surface area (Å²) < 4.78 is 0. The highest BCUT2D eigenvalue weighted by molar-refractivity contribution is 4.71. The van der Waals surface area contributed by atoms with Crippen molar-refractivity contribution in [1.82, 2.24) is 68.6 Å². The van der Waals surface area contributed by atoms with Gasteiger partial charge in [-0.05, 0) is 389 Å². The summed E-state index contributed by atoms with van der Waals surface area (Å²) in [6.45, 7) is 92.5. The standard InChI is InChI=1S/C9H21N.C8H18N2.C8H19N.6C7H15N.C6H13N.2C6H15N.C5H13N.3CH4/c1-4-6-8-10(3)9-7-5-2;1-3-9-5-7-10(4-2)8-6-9;1-6-9(7(2)3)8(4)5;6*1-2-8-6-4-3-5-7-8;1-2-7-5-3-4-6-7;1-5-7(4)6(2)3;1-4-6-7(3)5-2;1-4-5-6(2)3;;;/h4-9H2,1-3H3;3-8H2,1-2H3;7-8H,6H2,1-5H3;6*2-7H2,1H3;2-6H2,1H3;6H,5H2,1-4H3;4-6H2,1-3H3;4-5H2,1-3H3;3*1H4. The van der Waals surface area contributed by atoms with E-state index >= 15 is 0 Å². The lowest BCUT2D eigenvalue weighted by molar-refractivity contribution is 0.142. The Morgan fingerprint density at radius 2 is 0.421 bits per heavy atom. The number of rotatable bonds is 25. The maximum atomic E-state index is 2.52. The minimum atomic E-state index is 0. The Morgan fingerprint density at radius 1 is 0.215 bits per heavy atom. The number of hydrogen-bond donors (Lipinski definition) is 0.